The standard InChI is InChI=1S/C26H32N4O2/c1-26(2,3)27-25(31)30(17-19-15-16-19)18-22-23(20-11-7-5-8-12-20)28-29(4)24(22)32-21-13-9-6-10-14-21/h5-14,19H,15-18H2,1-4H3,(H,27,31). The van der Waals surface area contributed by atoms with E-state index in [2.05, 4.69) is 5.32 Å². The van der Waals surface area contributed by atoms with Gasteiger partial charge in [0.25, 0.3) is 0 Å². The molecule has 0 saturated heterocycles. The van der Waals surface area contributed by atoms with E-state index in [4.69, 9.17) is 9.84 Å². The normalized spacial score (nSPS) is 13.6. The van der Waals surface area contributed by atoms with Crippen molar-refractivity contribution in [2.45, 2.75) is 45.7 Å². The summed E-state index contributed by atoms with van der Waals surface area (Å²) in [5, 5.41) is 7.92. The van der Waals surface area contributed by atoms with E-state index in [9.17, 15) is 4.79 Å². The third-order valence-corrected chi connectivity index (χ3v) is 5.39. The number of rotatable bonds is 7. The lowest BCUT2D eigenvalue weighted by atomic mass is 10.1. The van der Waals surface area contributed by atoms with E-state index in [-0.39, 0.29) is 11.6 Å². The largest absolute Gasteiger partial charge is 0.439 e. The van der Waals surface area contributed by atoms with Crippen molar-refractivity contribution in [1.82, 2.24) is 20.0 Å². The van der Waals surface area contributed by atoms with Crippen molar-refractivity contribution in [3.8, 4) is 22.9 Å². The molecule has 0 unspecified atom stereocenters. The summed E-state index contributed by atoms with van der Waals surface area (Å²) in [6.07, 6.45) is 2.34. The lowest BCUT2D eigenvalue weighted by Crippen LogP contribution is -2.48. The molecule has 1 aromatic heterocycles. The first-order chi connectivity index (χ1) is 15.3. The highest BCUT2D eigenvalue weighted by Crippen LogP contribution is 2.36. The van der Waals surface area contributed by atoms with Gasteiger partial charge in [0.2, 0.25) is 5.88 Å². The van der Waals surface area contributed by atoms with E-state index in [1.165, 1.54) is 12.8 Å². The van der Waals surface area contributed by atoms with Gasteiger partial charge in [-0.2, -0.15) is 5.10 Å². The minimum atomic E-state index is -0.306. The molecule has 0 spiro atoms. The smallest absolute Gasteiger partial charge is 0.318 e. The van der Waals surface area contributed by atoms with Crippen LogP contribution in [-0.4, -0.2) is 32.8 Å². The minimum Gasteiger partial charge on any atom is -0.439 e. The molecule has 1 aliphatic rings. The van der Waals surface area contributed by atoms with Crippen LogP contribution in [0.25, 0.3) is 11.3 Å². The highest BCUT2D eigenvalue weighted by Gasteiger charge is 2.31. The molecular formula is C26H32N4O2. The van der Waals surface area contributed by atoms with Crippen LogP contribution in [0.4, 0.5) is 4.79 Å². The number of nitrogens with zero attached hydrogens (tertiary/aromatic N) is 3. The highest BCUT2D eigenvalue weighted by molar-refractivity contribution is 5.76. The molecule has 6 heteroatoms. The van der Waals surface area contributed by atoms with Crippen molar-refractivity contribution >= 4 is 6.03 Å². The van der Waals surface area contributed by atoms with E-state index in [1.54, 1.807) is 4.68 Å². The molecule has 1 aliphatic carbocycles. The van der Waals surface area contributed by atoms with E-state index in [1.807, 2.05) is 93.4 Å². The zero-order chi connectivity index (χ0) is 22.7. The Morgan fingerprint density at radius 2 is 1.72 bits per heavy atom. The molecule has 2 aromatic carbocycles. The second-order valence-corrected chi connectivity index (χ2v) is 9.54. The summed E-state index contributed by atoms with van der Waals surface area (Å²) < 4.78 is 8.05. The van der Waals surface area contributed by atoms with Gasteiger partial charge in [-0.3, -0.25) is 0 Å². The molecule has 1 saturated carbocycles. The Bertz CT molecular complexity index is 1050. The molecular weight excluding hydrogens is 400 g/mol. The van der Waals surface area contributed by atoms with Gasteiger partial charge in [-0.15, -0.1) is 0 Å². The second kappa shape index (κ2) is 9.07. The first-order valence-corrected chi connectivity index (χ1v) is 11.2. The Balaban J connectivity index is 1.72. The Labute approximate surface area is 190 Å². The number of hydrogen-bond donors (Lipinski definition) is 1. The number of carbonyl (C=O) groups excluding carboxylic acids is 1. The predicted molar refractivity (Wildman–Crippen MR) is 127 cm³/mol. The number of hydrogen-bond acceptors (Lipinski definition) is 3. The molecule has 6 nitrogen and oxygen atoms in total. The fourth-order valence-corrected chi connectivity index (χ4v) is 3.67. The molecule has 1 heterocycles. The first-order valence-electron chi connectivity index (χ1n) is 11.2. The zero-order valence-corrected chi connectivity index (χ0v) is 19.3. The summed E-state index contributed by atoms with van der Waals surface area (Å²) in [5.74, 6) is 1.96. The predicted octanol–water partition coefficient (Wildman–Crippen LogP) is 5.60. The van der Waals surface area contributed by atoms with Crippen molar-refractivity contribution in [3.05, 3.63) is 66.2 Å². The van der Waals surface area contributed by atoms with Gasteiger partial charge in [-0.25, -0.2) is 9.48 Å². The number of ether oxygens (including phenoxy) is 1. The SMILES string of the molecule is Cn1nc(-c2ccccc2)c(CN(CC2CC2)C(=O)NC(C)(C)C)c1Oc1ccccc1. The van der Waals surface area contributed by atoms with Crippen LogP contribution >= 0.6 is 0 Å². The molecule has 1 fully saturated rings. The van der Waals surface area contributed by atoms with Crippen LogP contribution in [0.3, 0.4) is 0 Å². The maximum Gasteiger partial charge on any atom is 0.318 e. The molecule has 168 valence electrons. The molecule has 1 N–H and O–H groups in total. The first kappa shape index (κ1) is 21.9. The van der Waals surface area contributed by atoms with Gasteiger partial charge in [0, 0.05) is 24.7 Å². The Kier molecular flexibility index (Phi) is 6.21. The van der Waals surface area contributed by atoms with Crippen LogP contribution in [0, 0.1) is 5.92 Å². The van der Waals surface area contributed by atoms with E-state index >= 15 is 0 Å². The monoisotopic (exact) mass is 432 g/mol. The van der Waals surface area contributed by atoms with Crippen LogP contribution in [0.1, 0.15) is 39.2 Å². The van der Waals surface area contributed by atoms with Gasteiger partial charge in [0.1, 0.15) is 11.4 Å². The van der Waals surface area contributed by atoms with Crippen LogP contribution in [0.2, 0.25) is 0 Å². The molecule has 0 radical (unpaired) electrons. The summed E-state index contributed by atoms with van der Waals surface area (Å²) in [6, 6.07) is 19.7. The Morgan fingerprint density at radius 3 is 2.31 bits per heavy atom. The van der Waals surface area contributed by atoms with Gasteiger partial charge in [0.15, 0.2) is 0 Å². The maximum absolute atomic E-state index is 13.2. The van der Waals surface area contributed by atoms with Crippen molar-refractivity contribution < 1.29 is 9.53 Å². The van der Waals surface area contributed by atoms with E-state index < -0.39 is 0 Å². The van der Waals surface area contributed by atoms with Crippen molar-refractivity contribution in [2.75, 3.05) is 6.54 Å². The molecule has 3 aromatic rings. The third-order valence-electron chi connectivity index (χ3n) is 5.39. The molecule has 2 amide bonds. The highest BCUT2D eigenvalue weighted by atomic mass is 16.5. The molecule has 0 bridgehead atoms. The fourth-order valence-electron chi connectivity index (χ4n) is 3.67. The van der Waals surface area contributed by atoms with Crippen LogP contribution < -0.4 is 10.1 Å². The fraction of sp³-hybridized carbons (Fsp3) is 0.385. The second-order valence-electron chi connectivity index (χ2n) is 9.54. The lowest BCUT2D eigenvalue weighted by Gasteiger charge is -2.29. The van der Waals surface area contributed by atoms with E-state index in [0.29, 0.717) is 18.3 Å². The number of benzene rings is 2. The summed E-state index contributed by atoms with van der Waals surface area (Å²) >= 11 is 0. The van der Waals surface area contributed by atoms with Gasteiger partial charge in [-0.1, -0.05) is 48.5 Å². The molecule has 4 rings (SSSR count). The molecule has 0 atom stereocenters. The lowest BCUT2D eigenvalue weighted by molar-refractivity contribution is 0.183. The average molecular weight is 433 g/mol. The number of aromatic nitrogens is 2. The third kappa shape index (κ3) is 5.49. The summed E-state index contributed by atoms with van der Waals surface area (Å²) in [7, 11) is 1.88. The number of para-hydroxylation sites is 1. The van der Waals surface area contributed by atoms with Crippen molar-refractivity contribution in [3.63, 3.8) is 0 Å². The van der Waals surface area contributed by atoms with Gasteiger partial charge >= 0.3 is 6.03 Å². The van der Waals surface area contributed by atoms with Crippen LogP contribution in [0.15, 0.2) is 60.7 Å². The molecule has 0 aliphatic heterocycles. The average Bonchev–Trinajstić information content (AvgIpc) is 3.53. The zero-order valence-electron chi connectivity index (χ0n) is 19.3. The van der Waals surface area contributed by atoms with E-state index in [0.717, 1.165) is 29.1 Å². The topological polar surface area (TPSA) is 59.4 Å². The number of nitrogens with one attached hydrogen (secondary N) is 1. The Hall–Kier alpha value is -3.28. The van der Waals surface area contributed by atoms with Gasteiger partial charge in [0.05, 0.1) is 12.1 Å². The maximum atomic E-state index is 13.2. The number of aryl methyl sites for hydroxylation is 1. The van der Waals surface area contributed by atoms with Gasteiger partial charge < -0.3 is 15.0 Å². The number of carbonyl (C=O) groups is 1. The molecule has 32 heavy (non-hydrogen) atoms. The summed E-state index contributed by atoms with van der Waals surface area (Å²) in [5.41, 5.74) is 2.44. The number of amides is 2. The minimum absolute atomic E-state index is 0.0575. The van der Waals surface area contributed by atoms with Crippen molar-refractivity contribution in [1.29, 1.82) is 0 Å². The van der Waals surface area contributed by atoms with Crippen molar-refractivity contribution in [2.24, 2.45) is 13.0 Å². The quantitative estimate of drug-likeness (QED) is 0.529. The summed E-state index contributed by atoms with van der Waals surface area (Å²) in [4.78, 5) is 15.1. The summed E-state index contributed by atoms with van der Waals surface area (Å²) in [6.45, 7) is 7.17. The number of urea groups is 1. The van der Waals surface area contributed by atoms with Gasteiger partial charge in [-0.05, 0) is 51.7 Å². The van der Waals surface area contributed by atoms with Crippen LogP contribution in [0.5, 0.6) is 11.6 Å². The van der Waals surface area contributed by atoms with Crippen LogP contribution in [-0.2, 0) is 13.6 Å². The Morgan fingerprint density at radius 1 is 1.09 bits per heavy atom.